The van der Waals surface area contributed by atoms with Crippen LogP contribution in [0.1, 0.15) is 51.0 Å². The van der Waals surface area contributed by atoms with Crippen molar-refractivity contribution in [1.82, 2.24) is 4.57 Å². The van der Waals surface area contributed by atoms with Crippen LogP contribution < -0.4 is 4.57 Å². The quantitative estimate of drug-likeness (QED) is 0.429. The summed E-state index contributed by atoms with van der Waals surface area (Å²) in [4.78, 5) is 0. The highest BCUT2D eigenvalue weighted by Crippen LogP contribution is 2.10. The summed E-state index contributed by atoms with van der Waals surface area (Å²) in [5, 5.41) is 0.814. The van der Waals surface area contributed by atoms with Gasteiger partial charge in [-0.1, -0.05) is 49.9 Å². The molecule has 0 N–H and O–H groups in total. The third-order valence-corrected chi connectivity index (χ3v) is 4.31. The fourth-order valence-corrected chi connectivity index (χ4v) is 2.84. The molecule has 0 aliphatic rings. The third-order valence-electron chi connectivity index (χ3n) is 4.06. The second kappa shape index (κ2) is 9.68. The smallest absolute Gasteiger partial charge is 0.237 e. The zero-order valence-corrected chi connectivity index (χ0v) is 14.4. The van der Waals surface area contributed by atoms with Gasteiger partial charge in [0.25, 0.3) is 0 Å². The van der Waals surface area contributed by atoms with Crippen LogP contribution in [0.15, 0.2) is 43.0 Å². The molecule has 3 heteroatoms. The molecule has 1 heterocycles. The molecule has 0 saturated carbocycles. The van der Waals surface area contributed by atoms with Crippen LogP contribution in [0.25, 0.3) is 0 Å². The zero-order chi connectivity index (χ0) is 15.6. The topological polar surface area (TPSA) is 8.81 Å². The van der Waals surface area contributed by atoms with Crippen molar-refractivity contribution < 1.29 is 4.57 Å². The van der Waals surface area contributed by atoms with Gasteiger partial charge in [-0.2, -0.15) is 0 Å². The van der Waals surface area contributed by atoms with Crippen molar-refractivity contribution in [3.8, 4) is 0 Å². The minimum absolute atomic E-state index is 0.814. The number of rotatable bonds is 10. The van der Waals surface area contributed by atoms with Crippen LogP contribution in [0.5, 0.6) is 0 Å². The molecular formula is C19H28ClN2+. The van der Waals surface area contributed by atoms with Gasteiger partial charge in [0.15, 0.2) is 0 Å². The summed E-state index contributed by atoms with van der Waals surface area (Å²) in [6.45, 7) is 4.48. The number of benzene rings is 1. The molecule has 0 radical (unpaired) electrons. The zero-order valence-electron chi connectivity index (χ0n) is 13.7. The number of aromatic nitrogens is 2. The van der Waals surface area contributed by atoms with Crippen molar-refractivity contribution in [2.24, 2.45) is 0 Å². The Hall–Kier alpha value is -1.28. The summed E-state index contributed by atoms with van der Waals surface area (Å²) in [5.74, 6) is 0. The molecule has 0 saturated heterocycles. The summed E-state index contributed by atoms with van der Waals surface area (Å²) in [7, 11) is 0. The average molecular weight is 320 g/mol. The van der Waals surface area contributed by atoms with E-state index in [0.717, 1.165) is 31.0 Å². The molecule has 0 aliphatic heterocycles. The molecule has 2 aromatic rings. The lowest BCUT2D eigenvalue weighted by molar-refractivity contribution is -0.696. The van der Waals surface area contributed by atoms with E-state index in [4.69, 9.17) is 11.6 Å². The Morgan fingerprint density at radius 1 is 1.00 bits per heavy atom. The monoisotopic (exact) mass is 319 g/mol. The molecular weight excluding hydrogens is 292 g/mol. The molecule has 0 unspecified atom stereocenters. The van der Waals surface area contributed by atoms with E-state index in [1.165, 1.54) is 37.7 Å². The van der Waals surface area contributed by atoms with E-state index in [0.29, 0.717) is 0 Å². The highest BCUT2D eigenvalue weighted by atomic mass is 35.5. The van der Waals surface area contributed by atoms with Crippen LogP contribution in [0.3, 0.4) is 0 Å². The largest absolute Gasteiger partial charge is 0.243 e. The highest BCUT2D eigenvalue weighted by Gasteiger charge is 2.03. The molecule has 22 heavy (non-hydrogen) atoms. The van der Waals surface area contributed by atoms with Gasteiger partial charge in [-0.15, -0.1) is 0 Å². The van der Waals surface area contributed by atoms with E-state index < -0.39 is 0 Å². The Bertz CT molecular complexity index is 531. The molecule has 120 valence electrons. The van der Waals surface area contributed by atoms with E-state index >= 15 is 0 Å². The number of hydrogen-bond acceptors (Lipinski definition) is 0. The Kier molecular flexibility index (Phi) is 7.51. The average Bonchev–Trinajstić information content (AvgIpc) is 2.97. The first-order valence-electron chi connectivity index (χ1n) is 8.57. The molecule has 0 spiro atoms. The summed E-state index contributed by atoms with van der Waals surface area (Å²) < 4.78 is 4.61. The number of halogens is 1. The predicted octanol–water partition coefficient (Wildman–Crippen LogP) is 5.03. The Labute approximate surface area is 139 Å². The molecule has 2 nitrogen and oxygen atoms in total. The fourth-order valence-electron chi connectivity index (χ4n) is 2.72. The molecule has 0 aliphatic carbocycles. The standard InChI is InChI=1S/C19H28ClN2/c1-2-3-4-5-6-13-21-15-16-22(17-21)14-7-8-18-9-11-19(20)12-10-18/h9-12,15-17H,2-8,13-14H2,1H3/q+1. The first-order chi connectivity index (χ1) is 10.8. The Morgan fingerprint density at radius 2 is 1.77 bits per heavy atom. The van der Waals surface area contributed by atoms with Crippen LogP contribution in [-0.4, -0.2) is 4.57 Å². The normalized spacial score (nSPS) is 11.0. The second-order valence-electron chi connectivity index (χ2n) is 6.03. The van der Waals surface area contributed by atoms with Gasteiger partial charge in [-0.25, -0.2) is 9.13 Å². The molecule has 1 aromatic carbocycles. The van der Waals surface area contributed by atoms with Crippen molar-refractivity contribution in [2.75, 3.05) is 0 Å². The summed E-state index contributed by atoms with van der Waals surface area (Å²) >= 11 is 5.91. The highest BCUT2D eigenvalue weighted by molar-refractivity contribution is 6.30. The molecule has 1 aromatic heterocycles. The van der Waals surface area contributed by atoms with E-state index in [-0.39, 0.29) is 0 Å². The van der Waals surface area contributed by atoms with E-state index in [1.54, 1.807) is 0 Å². The number of unbranched alkanes of at least 4 members (excludes halogenated alkanes) is 4. The van der Waals surface area contributed by atoms with Crippen LogP contribution in [-0.2, 0) is 19.5 Å². The maximum Gasteiger partial charge on any atom is 0.243 e. The third kappa shape index (κ3) is 6.23. The predicted molar refractivity (Wildman–Crippen MR) is 93.2 cm³/mol. The Morgan fingerprint density at radius 3 is 2.55 bits per heavy atom. The summed E-state index contributed by atoms with van der Waals surface area (Å²) in [5.41, 5.74) is 1.36. The van der Waals surface area contributed by atoms with Gasteiger partial charge < -0.3 is 0 Å². The van der Waals surface area contributed by atoms with Crippen molar-refractivity contribution in [3.05, 3.63) is 53.6 Å². The van der Waals surface area contributed by atoms with Crippen LogP contribution in [0.4, 0.5) is 0 Å². The molecule has 0 fully saturated rings. The molecule has 0 atom stereocenters. The maximum absolute atomic E-state index is 5.91. The maximum atomic E-state index is 5.91. The van der Waals surface area contributed by atoms with Crippen molar-refractivity contribution in [2.45, 2.75) is 65.0 Å². The van der Waals surface area contributed by atoms with Crippen molar-refractivity contribution in [1.29, 1.82) is 0 Å². The SMILES string of the molecule is CCCCCCCn1cc[n+](CCCc2ccc(Cl)cc2)c1. The van der Waals surface area contributed by atoms with E-state index in [9.17, 15) is 0 Å². The lowest BCUT2D eigenvalue weighted by Gasteiger charge is -2.00. The van der Waals surface area contributed by atoms with Gasteiger partial charge in [0.05, 0.1) is 13.1 Å². The lowest BCUT2D eigenvalue weighted by atomic mass is 10.1. The Balaban J connectivity index is 1.65. The van der Waals surface area contributed by atoms with Crippen LogP contribution in [0.2, 0.25) is 5.02 Å². The van der Waals surface area contributed by atoms with Gasteiger partial charge in [0.2, 0.25) is 6.33 Å². The van der Waals surface area contributed by atoms with Gasteiger partial charge in [-0.3, -0.25) is 0 Å². The van der Waals surface area contributed by atoms with Crippen molar-refractivity contribution >= 4 is 11.6 Å². The molecule has 0 bridgehead atoms. The number of hydrogen-bond donors (Lipinski definition) is 0. The van der Waals surface area contributed by atoms with Gasteiger partial charge in [0, 0.05) is 5.02 Å². The summed E-state index contributed by atoms with van der Waals surface area (Å²) in [6, 6.07) is 8.18. The molecule has 2 rings (SSSR count). The fraction of sp³-hybridized carbons (Fsp3) is 0.526. The number of nitrogens with zero attached hydrogens (tertiary/aromatic N) is 2. The lowest BCUT2D eigenvalue weighted by Crippen LogP contribution is -2.31. The minimum atomic E-state index is 0.814. The number of imidazole rings is 1. The van der Waals surface area contributed by atoms with E-state index in [2.05, 4.69) is 46.9 Å². The van der Waals surface area contributed by atoms with Gasteiger partial charge in [0.1, 0.15) is 12.4 Å². The van der Waals surface area contributed by atoms with Gasteiger partial charge in [-0.05, 0) is 43.4 Å². The van der Waals surface area contributed by atoms with Crippen LogP contribution in [0, 0.1) is 0 Å². The summed E-state index contributed by atoms with van der Waals surface area (Å²) in [6.07, 6.45) is 15.6. The molecule has 0 amide bonds. The second-order valence-corrected chi connectivity index (χ2v) is 6.47. The first kappa shape index (κ1) is 17.1. The van der Waals surface area contributed by atoms with Gasteiger partial charge >= 0.3 is 0 Å². The van der Waals surface area contributed by atoms with Crippen molar-refractivity contribution in [3.63, 3.8) is 0 Å². The number of aryl methyl sites for hydroxylation is 3. The van der Waals surface area contributed by atoms with Crippen LogP contribution >= 0.6 is 11.6 Å². The minimum Gasteiger partial charge on any atom is -0.237 e. The van der Waals surface area contributed by atoms with E-state index in [1.807, 2.05) is 12.1 Å². The first-order valence-corrected chi connectivity index (χ1v) is 8.95.